The highest BCUT2D eigenvalue weighted by Gasteiger charge is 2.17. The van der Waals surface area contributed by atoms with E-state index >= 15 is 0 Å². The Morgan fingerprint density at radius 2 is 2.30 bits per heavy atom. The number of aromatic nitrogens is 2. The first-order valence-electron chi connectivity index (χ1n) is 6.68. The van der Waals surface area contributed by atoms with Crippen LogP contribution in [0.25, 0.3) is 5.57 Å². The number of benzene rings is 1. The fourth-order valence-corrected chi connectivity index (χ4v) is 2.69. The molecule has 0 unspecified atom stereocenters. The van der Waals surface area contributed by atoms with E-state index in [1.807, 2.05) is 29.0 Å². The molecule has 20 heavy (non-hydrogen) atoms. The first-order chi connectivity index (χ1) is 9.83. The molecule has 0 aliphatic heterocycles. The van der Waals surface area contributed by atoms with Crippen molar-refractivity contribution in [2.45, 2.75) is 19.4 Å². The monoisotopic (exact) mass is 265 g/mol. The Balaban J connectivity index is 2.06. The Morgan fingerprint density at radius 1 is 1.40 bits per heavy atom. The lowest BCUT2D eigenvalue weighted by Gasteiger charge is -2.19. The summed E-state index contributed by atoms with van der Waals surface area (Å²) in [4.78, 5) is 4.18. The van der Waals surface area contributed by atoms with E-state index in [4.69, 9.17) is 10.4 Å². The summed E-state index contributed by atoms with van der Waals surface area (Å²) >= 11 is 0. The second kappa shape index (κ2) is 5.32. The highest BCUT2D eigenvalue weighted by molar-refractivity contribution is 5.81. The number of aliphatic hydroxyl groups is 1. The molecule has 0 saturated carbocycles. The maximum atomic E-state index is 9.12. The molecule has 1 aromatic heterocycles. The van der Waals surface area contributed by atoms with Crippen molar-refractivity contribution in [1.82, 2.24) is 9.55 Å². The lowest BCUT2D eigenvalue weighted by atomic mass is 9.88. The second-order valence-corrected chi connectivity index (χ2v) is 4.84. The van der Waals surface area contributed by atoms with Gasteiger partial charge >= 0.3 is 0 Å². The van der Waals surface area contributed by atoms with Crippen molar-refractivity contribution >= 4 is 5.57 Å². The Hall–Kier alpha value is -2.38. The van der Waals surface area contributed by atoms with Crippen LogP contribution in [0.2, 0.25) is 0 Å². The Labute approximate surface area is 117 Å². The van der Waals surface area contributed by atoms with Gasteiger partial charge in [0.2, 0.25) is 0 Å². The quantitative estimate of drug-likeness (QED) is 0.924. The Bertz CT molecular complexity index is 707. The average Bonchev–Trinajstić information content (AvgIpc) is 2.94. The molecule has 0 radical (unpaired) electrons. The first kappa shape index (κ1) is 12.6. The van der Waals surface area contributed by atoms with Gasteiger partial charge in [-0.05, 0) is 36.1 Å². The van der Waals surface area contributed by atoms with Crippen molar-refractivity contribution in [3.8, 4) is 6.07 Å². The molecule has 0 amide bonds. The lowest BCUT2D eigenvalue weighted by Crippen LogP contribution is -2.08. The van der Waals surface area contributed by atoms with E-state index < -0.39 is 0 Å². The van der Waals surface area contributed by atoms with E-state index in [0.717, 1.165) is 29.7 Å². The van der Waals surface area contributed by atoms with Crippen molar-refractivity contribution in [3.63, 3.8) is 0 Å². The number of aliphatic hydroxyl groups excluding tert-OH is 1. The molecule has 2 aromatic rings. The molecule has 100 valence electrons. The minimum Gasteiger partial charge on any atom is -0.395 e. The fourth-order valence-electron chi connectivity index (χ4n) is 2.69. The zero-order valence-corrected chi connectivity index (χ0v) is 11.1. The van der Waals surface area contributed by atoms with Gasteiger partial charge in [-0.25, -0.2) is 4.98 Å². The molecule has 4 nitrogen and oxygen atoms in total. The van der Waals surface area contributed by atoms with E-state index in [2.05, 4.69) is 17.1 Å². The van der Waals surface area contributed by atoms with Gasteiger partial charge in [0.15, 0.2) is 0 Å². The zero-order chi connectivity index (χ0) is 13.9. The third kappa shape index (κ3) is 2.13. The van der Waals surface area contributed by atoms with Crippen LogP contribution in [0, 0.1) is 11.3 Å². The molecule has 1 heterocycles. The molecule has 4 heteroatoms. The van der Waals surface area contributed by atoms with Gasteiger partial charge in [0.25, 0.3) is 0 Å². The van der Waals surface area contributed by atoms with Crippen molar-refractivity contribution in [2.75, 3.05) is 6.61 Å². The predicted molar refractivity (Wildman–Crippen MR) is 75.9 cm³/mol. The summed E-state index contributed by atoms with van der Waals surface area (Å²) in [6.07, 6.45) is 7.70. The van der Waals surface area contributed by atoms with Crippen LogP contribution in [0.4, 0.5) is 0 Å². The van der Waals surface area contributed by atoms with Crippen LogP contribution >= 0.6 is 0 Å². The van der Waals surface area contributed by atoms with Crippen molar-refractivity contribution < 1.29 is 5.11 Å². The summed E-state index contributed by atoms with van der Waals surface area (Å²) in [6.45, 7) is 0.634. The van der Waals surface area contributed by atoms with E-state index in [1.165, 1.54) is 5.56 Å². The number of allylic oxidation sites excluding steroid dienone is 1. The van der Waals surface area contributed by atoms with Crippen LogP contribution in [-0.4, -0.2) is 21.3 Å². The van der Waals surface area contributed by atoms with Crippen molar-refractivity contribution in [3.05, 3.63) is 59.2 Å². The van der Waals surface area contributed by atoms with Gasteiger partial charge in [-0.1, -0.05) is 12.1 Å². The molecule has 3 rings (SSSR count). The number of nitriles is 1. The molecule has 0 atom stereocenters. The van der Waals surface area contributed by atoms with Gasteiger partial charge < -0.3 is 9.67 Å². The van der Waals surface area contributed by atoms with Gasteiger partial charge in [0.05, 0.1) is 36.5 Å². The molecule has 0 bridgehead atoms. The summed E-state index contributed by atoms with van der Waals surface area (Å²) in [6, 6.07) is 8.02. The number of hydrogen-bond acceptors (Lipinski definition) is 3. The first-order valence-corrected chi connectivity index (χ1v) is 6.68. The summed E-state index contributed by atoms with van der Waals surface area (Å²) in [5.74, 6) is 0. The van der Waals surface area contributed by atoms with E-state index in [0.29, 0.717) is 12.1 Å². The average molecular weight is 265 g/mol. The summed E-state index contributed by atoms with van der Waals surface area (Å²) < 4.78 is 1.96. The lowest BCUT2D eigenvalue weighted by molar-refractivity contribution is 0.275. The molecular weight excluding hydrogens is 250 g/mol. The fraction of sp³-hybridized carbons (Fsp3) is 0.250. The number of fused-ring (bicyclic) bond motifs is 1. The highest BCUT2D eigenvalue weighted by atomic mass is 16.3. The Morgan fingerprint density at radius 3 is 3.10 bits per heavy atom. The summed E-state index contributed by atoms with van der Waals surface area (Å²) in [7, 11) is 0. The normalized spacial score (nSPS) is 13.5. The van der Waals surface area contributed by atoms with Gasteiger partial charge in [0, 0.05) is 12.1 Å². The van der Waals surface area contributed by atoms with Crippen LogP contribution in [0.3, 0.4) is 0 Å². The molecule has 1 aliphatic rings. The topological polar surface area (TPSA) is 61.8 Å². The number of nitrogens with zero attached hydrogens (tertiary/aromatic N) is 3. The highest BCUT2D eigenvalue weighted by Crippen LogP contribution is 2.32. The summed E-state index contributed by atoms with van der Waals surface area (Å²) in [5.41, 5.74) is 5.23. The molecule has 1 aromatic carbocycles. The minimum atomic E-state index is 0.0941. The molecule has 1 N–H and O–H groups in total. The summed E-state index contributed by atoms with van der Waals surface area (Å²) in [5, 5.41) is 18.1. The second-order valence-electron chi connectivity index (χ2n) is 4.84. The van der Waals surface area contributed by atoms with Crippen LogP contribution in [0.1, 0.15) is 28.8 Å². The third-order valence-corrected chi connectivity index (χ3v) is 3.62. The smallest absolute Gasteiger partial charge is 0.0991 e. The molecule has 1 aliphatic carbocycles. The minimum absolute atomic E-state index is 0.0941. The third-order valence-electron chi connectivity index (χ3n) is 3.62. The van der Waals surface area contributed by atoms with Gasteiger partial charge in [-0.2, -0.15) is 5.26 Å². The van der Waals surface area contributed by atoms with Crippen LogP contribution < -0.4 is 0 Å². The van der Waals surface area contributed by atoms with E-state index in [9.17, 15) is 0 Å². The van der Waals surface area contributed by atoms with Gasteiger partial charge in [-0.15, -0.1) is 0 Å². The van der Waals surface area contributed by atoms with Crippen LogP contribution in [0.5, 0.6) is 0 Å². The molecule has 0 fully saturated rings. The zero-order valence-electron chi connectivity index (χ0n) is 11.1. The standard InChI is InChI=1S/C16H15N3O/c17-9-12-4-5-14-13(8-12)2-1-3-15(14)16-10-18-11-19(16)6-7-20/h3-5,8,10-11,20H,1-2,6-7H2. The predicted octanol–water partition coefficient (Wildman–Crippen LogP) is 2.12. The number of aryl methyl sites for hydroxylation is 1. The SMILES string of the molecule is N#Cc1ccc2c(c1)CCC=C2c1cncn1CCO. The number of rotatable bonds is 3. The maximum Gasteiger partial charge on any atom is 0.0991 e. The number of hydrogen-bond donors (Lipinski definition) is 1. The van der Waals surface area contributed by atoms with Gasteiger partial charge in [-0.3, -0.25) is 0 Å². The Kier molecular flexibility index (Phi) is 3.36. The van der Waals surface area contributed by atoms with Crippen LogP contribution in [0.15, 0.2) is 36.8 Å². The van der Waals surface area contributed by atoms with E-state index in [-0.39, 0.29) is 6.61 Å². The van der Waals surface area contributed by atoms with E-state index in [1.54, 1.807) is 6.33 Å². The maximum absolute atomic E-state index is 9.12. The van der Waals surface area contributed by atoms with Gasteiger partial charge in [0.1, 0.15) is 0 Å². The number of imidazole rings is 1. The van der Waals surface area contributed by atoms with Crippen molar-refractivity contribution in [2.24, 2.45) is 0 Å². The molecule has 0 saturated heterocycles. The van der Waals surface area contributed by atoms with Crippen LogP contribution in [-0.2, 0) is 13.0 Å². The molecule has 0 spiro atoms. The van der Waals surface area contributed by atoms with Crippen molar-refractivity contribution in [1.29, 1.82) is 5.26 Å². The largest absolute Gasteiger partial charge is 0.395 e. The molecular formula is C16H15N3O.